The minimum atomic E-state index is -3.64. The fourth-order valence-corrected chi connectivity index (χ4v) is 2.87. The van der Waals surface area contributed by atoms with Crippen LogP contribution in [0.5, 0.6) is 0 Å². The Morgan fingerprint density at radius 2 is 2.14 bits per heavy atom. The van der Waals surface area contributed by atoms with Crippen LogP contribution in [0, 0.1) is 0 Å². The Kier molecular flexibility index (Phi) is 3.46. The molecule has 0 spiro atoms. The van der Waals surface area contributed by atoms with Gasteiger partial charge in [0.2, 0.25) is 10.0 Å². The smallest absolute Gasteiger partial charge is 0.320 e. The van der Waals surface area contributed by atoms with Crippen molar-refractivity contribution >= 4 is 16.0 Å². The van der Waals surface area contributed by atoms with Gasteiger partial charge in [0.1, 0.15) is 0 Å². The number of carboxylic acid groups (broad SMARTS) is 1. The van der Waals surface area contributed by atoms with E-state index in [0.29, 0.717) is 19.6 Å². The molecule has 82 valence electrons. The molecule has 0 aromatic carbocycles. The first-order valence-corrected chi connectivity index (χ1v) is 6.00. The van der Waals surface area contributed by atoms with Crippen LogP contribution >= 0.6 is 0 Å². The molecule has 1 fully saturated rings. The Labute approximate surface area is 82.9 Å². The van der Waals surface area contributed by atoms with Gasteiger partial charge >= 0.3 is 5.97 Å². The van der Waals surface area contributed by atoms with Gasteiger partial charge in [-0.2, -0.15) is 4.31 Å². The number of carbonyl (C=O) groups is 1. The van der Waals surface area contributed by atoms with E-state index in [2.05, 4.69) is 5.32 Å². The molecule has 1 saturated heterocycles. The Balaban J connectivity index is 2.71. The molecule has 0 saturated carbocycles. The van der Waals surface area contributed by atoms with Gasteiger partial charge in [0.25, 0.3) is 0 Å². The standard InChI is InChI=1S/C7H14N2O4S/c1-2-9(6-3-8-4-6)14(12,13)5-7(10)11/h6,8H,2-5H2,1H3,(H,10,11). The maximum Gasteiger partial charge on any atom is 0.320 e. The van der Waals surface area contributed by atoms with Gasteiger partial charge in [-0.15, -0.1) is 0 Å². The van der Waals surface area contributed by atoms with E-state index in [9.17, 15) is 13.2 Å². The zero-order valence-electron chi connectivity index (χ0n) is 7.93. The van der Waals surface area contributed by atoms with Crippen LogP contribution < -0.4 is 5.32 Å². The number of hydrogen-bond acceptors (Lipinski definition) is 4. The molecule has 0 aliphatic carbocycles. The first-order valence-electron chi connectivity index (χ1n) is 4.39. The molecule has 2 N–H and O–H groups in total. The van der Waals surface area contributed by atoms with Crippen molar-refractivity contribution in [2.75, 3.05) is 25.4 Å². The van der Waals surface area contributed by atoms with Gasteiger partial charge in [0, 0.05) is 25.7 Å². The third-order valence-corrected chi connectivity index (χ3v) is 4.02. The maximum atomic E-state index is 11.5. The highest BCUT2D eigenvalue weighted by molar-refractivity contribution is 7.89. The summed E-state index contributed by atoms with van der Waals surface area (Å²) in [6.45, 7) is 3.24. The largest absolute Gasteiger partial charge is 0.480 e. The van der Waals surface area contributed by atoms with Gasteiger partial charge in [-0.1, -0.05) is 6.92 Å². The van der Waals surface area contributed by atoms with Crippen LogP contribution in [0.25, 0.3) is 0 Å². The van der Waals surface area contributed by atoms with E-state index in [1.165, 1.54) is 4.31 Å². The van der Waals surface area contributed by atoms with E-state index < -0.39 is 21.7 Å². The third kappa shape index (κ3) is 2.43. The van der Waals surface area contributed by atoms with Crippen molar-refractivity contribution in [2.24, 2.45) is 0 Å². The number of likely N-dealkylation sites (N-methyl/N-ethyl adjacent to an activating group) is 1. The molecule has 14 heavy (non-hydrogen) atoms. The molecule has 0 aromatic heterocycles. The molecule has 0 bridgehead atoms. The molecule has 7 heteroatoms. The van der Waals surface area contributed by atoms with E-state index in [1.54, 1.807) is 6.92 Å². The zero-order chi connectivity index (χ0) is 10.8. The van der Waals surface area contributed by atoms with Gasteiger partial charge < -0.3 is 10.4 Å². The zero-order valence-corrected chi connectivity index (χ0v) is 8.75. The van der Waals surface area contributed by atoms with Gasteiger partial charge in [-0.25, -0.2) is 8.42 Å². The summed E-state index contributed by atoms with van der Waals surface area (Å²) in [7, 11) is -3.64. The van der Waals surface area contributed by atoms with Gasteiger partial charge in [-0.05, 0) is 0 Å². The SMILES string of the molecule is CCN(C1CNC1)S(=O)(=O)CC(=O)O. The molecular formula is C7H14N2O4S. The highest BCUT2D eigenvalue weighted by atomic mass is 32.2. The van der Waals surface area contributed by atoms with Crippen LogP contribution in [-0.4, -0.2) is 55.2 Å². The van der Waals surface area contributed by atoms with Crippen molar-refractivity contribution in [3.8, 4) is 0 Å². The van der Waals surface area contributed by atoms with Crippen LogP contribution in [0.2, 0.25) is 0 Å². The van der Waals surface area contributed by atoms with Crippen LogP contribution in [-0.2, 0) is 14.8 Å². The second-order valence-corrected chi connectivity index (χ2v) is 5.09. The predicted octanol–water partition coefficient (Wildman–Crippen LogP) is -1.31. The number of aliphatic carboxylic acids is 1. The number of nitrogens with zero attached hydrogens (tertiary/aromatic N) is 1. The molecule has 1 aliphatic heterocycles. The molecule has 1 rings (SSSR count). The molecule has 0 aromatic rings. The lowest BCUT2D eigenvalue weighted by Crippen LogP contribution is -2.59. The minimum Gasteiger partial charge on any atom is -0.480 e. The summed E-state index contributed by atoms with van der Waals surface area (Å²) in [5.41, 5.74) is 0. The fraction of sp³-hybridized carbons (Fsp3) is 0.857. The summed E-state index contributed by atoms with van der Waals surface area (Å²) in [6.07, 6.45) is 0. The van der Waals surface area contributed by atoms with Gasteiger partial charge in [0.15, 0.2) is 5.75 Å². The molecule has 0 radical (unpaired) electrons. The lowest BCUT2D eigenvalue weighted by atomic mass is 10.2. The molecule has 0 amide bonds. The molecule has 1 aliphatic rings. The Hall–Kier alpha value is -0.660. The highest BCUT2D eigenvalue weighted by Gasteiger charge is 2.33. The van der Waals surface area contributed by atoms with Crippen LogP contribution in [0.3, 0.4) is 0 Å². The lowest BCUT2D eigenvalue weighted by Gasteiger charge is -2.36. The van der Waals surface area contributed by atoms with Crippen molar-refractivity contribution in [3.05, 3.63) is 0 Å². The second-order valence-electron chi connectivity index (χ2n) is 3.17. The average Bonchev–Trinajstić information content (AvgIpc) is 1.92. The summed E-state index contributed by atoms with van der Waals surface area (Å²) in [6, 6.07) is -0.0793. The summed E-state index contributed by atoms with van der Waals surface area (Å²) in [5, 5.41) is 11.4. The molecule has 0 atom stereocenters. The van der Waals surface area contributed by atoms with E-state index in [4.69, 9.17) is 5.11 Å². The summed E-state index contributed by atoms with van der Waals surface area (Å²) in [4.78, 5) is 10.3. The topological polar surface area (TPSA) is 86.7 Å². The number of hydrogen-bond donors (Lipinski definition) is 2. The predicted molar refractivity (Wildman–Crippen MR) is 50.5 cm³/mol. The van der Waals surface area contributed by atoms with Gasteiger partial charge in [0.05, 0.1) is 0 Å². The summed E-state index contributed by atoms with van der Waals surface area (Å²) >= 11 is 0. The normalized spacial score (nSPS) is 18.1. The fourth-order valence-electron chi connectivity index (χ4n) is 1.40. The number of nitrogens with one attached hydrogen (secondary N) is 1. The van der Waals surface area contributed by atoms with Crippen molar-refractivity contribution in [1.82, 2.24) is 9.62 Å². The number of rotatable bonds is 5. The van der Waals surface area contributed by atoms with E-state index >= 15 is 0 Å². The van der Waals surface area contributed by atoms with Gasteiger partial charge in [-0.3, -0.25) is 4.79 Å². The quantitative estimate of drug-likeness (QED) is 0.603. The highest BCUT2D eigenvalue weighted by Crippen LogP contribution is 2.11. The van der Waals surface area contributed by atoms with Crippen LogP contribution in [0.4, 0.5) is 0 Å². The molecule has 6 nitrogen and oxygen atoms in total. The monoisotopic (exact) mass is 222 g/mol. The average molecular weight is 222 g/mol. The Morgan fingerprint density at radius 3 is 2.43 bits per heavy atom. The second kappa shape index (κ2) is 4.24. The van der Waals surface area contributed by atoms with Crippen molar-refractivity contribution in [1.29, 1.82) is 0 Å². The first-order chi connectivity index (χ1) is 6.47. The Morgan fingerprint density at radius 1 is 1.57 bits per heavy atom. The minimum absolute atomic E-state index is 0.0793. The van der Waals surface area contributed by atoms with Crippen molar-refractivity contribution < 1.29 is 18.3 Å². The maximum absolute atomic E-state index is 11.5. The van der Waals surface area contributed by atoms with Crippen LogP contribution in [0.1, 0.15) is 6.92 Å². The number of sulfonamides is 1. The number of carboxylic acids is 1. The molecular weight excluding hydrogens is 208 g/mol. The Bertz CT molecular complexity index is 310. The molecule has 1 heterocycles. The summed E-state index contributed by atoms with van der Waals surface area (Å²) in [5.74, 6) is -2.13. The van der Waals surface area contributed by atoms with E-state index in [1.807, 2.05) is 0 Å². The first kappa shape index (κ1) is 11.4. The van der Waals surface area contributed by atoms with E-state index in [0.717, 1.165) is 0 Å². The van der Waals surface area contributed by atoms with Crippen molar-refractivity contribution in [3.63, 3.8) is 0 Å². The molecule has 0 unspecified atom stereocenters. The van der Waals surface area contributed by atoms with E-state index in [-0.39, 0.29) is 6.04 Å². The third-order valence-electron chi connectivity index (χ3n) is 2.14. The van der Waals surface area contributed by atoms with Crippen molar-refractivity contribution in [2.45, 2.75) is 13.0 Å². The van der Waals surface area contributed by atoms with Crippen LogP contribution in [0.15, 0.2) is 0 Å². The summed E-state index contributed by atoms with van der Waals surface area (Å²) < 4.78 is 24.3. The lowest BCUT2D eigenvalue weighted by molar-refractivity contribution is -0.134.